The highest BCUT2D eigenvalue weighted by Crippen LogP contribution is 2.16. The van der Waals surface area contributed by atoms with Crippen molar-refractivity contribution in [2.75, 3.05) is 7.05 Å². The summed E-state index contributed by atoms with van der Waals surface area (Å²) in [5.41, 5.74) is 0.264. The zero-order valence-corrected chi connectivity index (χ0v) is 5.97. The smallest absolute Gasteiger partial charge is 0.170 e. The number of halogens is 1. The first-order valence-corrected chi connectivity index (χ1v) is 3.10. The van der Waals surface area contributed by atoms with E-state index < -0.39 is 11.6 Å². The molecule has 60 valence electrons. The third kappa shape index (κ3) is 1.66. The van der Waals surface area contributed by atoms with Crippen LogP contribution in [0.4, 0.5) is 10.1 Å². The molecule has 1 aromatic rings. The predicted octanol–water partition coefficient (Wildman–Crippen LogP) is 0.175. The number of benzene rings is 1. The maximum absolute atomic E-state index is 12.5. The van der Waals surface area contributed by atoms with E-state index in [4.69, 9.17) is 5.11 Å². The molecule has 0 spiro atoms. The van der Waals surface area contributed by atoms with Gasteiger partial charge in [-0.05, 0) is 6.07 Å². The van der Waals surface area contributed by atoms with Crippen molar-refractivity contribution in [3.05, 3.63) is 29.2 Å². The van der Waals surface area contributed by atoms with Crippen molar-refractivity contribution < 1.29 is 14.6 Å². The van der Waals surface area contributed by atoms with Gasteiger partial charge in [-0.2, -0.15) is 0 Å². The highest BCUT2D eigenvalue weighted by Gasteiger charge is 2.03. The molecule has 0 aliphatic heterocycles. The minimum atomic E-state index is -0.766. The molecular formula is C7H8FNO2. The standard InChI is InChI=1S/C7H8FNO2/c1-9(11)5-2-3-7(10)6(8)4-5/h2-4,9-10H,1H3. The maximum atomic E-state index is 12.5. The number of nitrogens with one attached hydrogen (secondary N) is 1. The van der Waals surface area contributed by atoms with E-state index >= 15 is 0 Å². The van der Waals surface area contributed by atoms with Gasteiger partial charge in [0.05, 0.1) is 7.05 Å². The van der Waals surface area contributed by atoms with Crippen LogP contribution in [0.25, 0.3) is 0 Å². The summed E-state index contributed by atoms with van der Waals surface area (Å²) in [5, 5.41) is 19.2. The van der Waals surface area contributed by atoms with Gasteiger partial charge >= 0.3 is 0 Å². The SMILES string of the molecule is C[NH+]([O-])c1ccc(O)c(F)c1. The van der Waals surface area contributed by atoms with Gasteiger partial charge < -0.3 is 15.4 Å². The second-order valence-corrected chi connectivity index (χ2v) is 2.22. The quantitative estimate of drug-likeness (QED) is 0.451. The second kappa shape index (κ2) is 2.86. The molecule has 1 aromatic carbocycles. The van der Waals surface area contributed by atoms with Crippen LogP contribution in [0, 0.1) is 11.0 Å². The monoisotopic (exact) mass is 157 g/mol. The summed E-state index contributed by atoms with van der Waals surface area (Å²) < 4.78 is 12.5. The summed E-state index contributed by atoms with van der Waals surface area (Å²) in [6, 6.07) is 3.55. The molecule has 1 unspecified atom stereocenters. The van der Waals surface area contributed by atoms with Crippen molar-refractivity contribution in [2.24, 2.45) is 0 Å². The lowest BCUT2D eigenvalue weighted by Gasteiger charge is -2.14. The van der Waals surface area contributed by atoms with Gasteiger partial charge in [0.25, 0.3) is 0 Å². The van der Waals surface area contributed by atoms with Gasteiger partial charge in [0.15, 0.2) is 11.6 Å². The average molecular weight is 157 g/mol. The lowest BCUT2D eigenvalue weighted by atomic mass is 10.3. The third-order valence-electron chi connectivity index (χ3n) is 1.35. The van der Waals surface area contributed by atoms with Crippen molar-refractivity contribution in [1.29, 1.82) is 0 Å². The van der Waals surface area contributed by atoms with E-state index in [0.29, 0.717) is 0 Å². The van der Waals surface area contributed by atoms with E-state index in [1.807, 2.05) is 0 Å². The molecule has 0 amide bonds. The van der Waals surface area contributed by atoms with E-state index in [9.17, 15) is 9.60 Å². The Balaban J connectivity index is 3.05. The Morgan fingerprint density at radius 3 is 2.64 bits per heavy atom. The maximum Gasteiger partial charge on any atom is 0.170 e. The van der Waals surface area contributed by atoms with E-state index in [-0.39, 0.29) is 10.8 Å². The summed E-state index contributed by atoms with van der Waals surface area (Å²) in [7, 11) is 1.34. The molecular weight excluding hydrogens is 149 g/mol. The van der Waals surface area contributed by atoms with Gasteiger partial charge in [0, 0.05) is 12.1 Å². The molecule has 4 heteroatoms. The Kier molecular flexibility index (Phi) is 2.07. The molecule has 0 radical (unpaired) electrons. The molecule has 0 aliphatic carbocycles. The first kappa shape index (κ1) is 7.97. The van der Waals surface area contributed by atoms with Crippen molar-refractivity contribution in [2.45, 2.75) is 0 Å². The molecule has 0 aromatic heterocycles. The largest absolute Gasteiger partial charge is 0.629 e. The Hall–Kier alpha value is -1.13. The number of phenols is 1. The molecule has 1 atom stereocenters. The van der Waals surface area contributed by atoms with Gasteiger partial charge in [0.2, 0.25) is 0 Å². The molecule has 0 saturated heterocycles. The Morgan fingerprint density at radius 1 is 1.55 bits per heavy atom. The number of phenolic OH excluding ortho intramolecular Hbond substituents is 1. The Labute approximate surface area is 63.3 Å². The lowest BCUT2D eigenvalue weighted by Crippen LogP contribution is -2.98. The highest BCUT2D eigenvalue weighted by atomic mass is 19.1. The summed E-state index contributed by atoms with van der Waals surface area (Å²) in [6.45, 7) is 0. The van der Waals surface area contributed by atoms with Crippen LogP contribution in [0.15, 0.2) is 18.2 Å². The van der Waals surface area contributed by atoms with E-state index in [2.05, 4.69) is 0 Å². The van der Waals surface area contributed by atoms with Crippen molar-refractivity contribution in [1.82, 2.24) is 0 Å². The molecule has 0 heterocycles. The van der Waals surface area contributed by atoms with Crippen LogP contribution in [-0.4, -0.2) is 12.2 Å². The fourth-order valence-corrected chi connectivity index (χ4v) is 0.726. The van der Waals surface area contributed by atoms with E-state index in [1.165, 1.54) is 13.1 Å². The van der Waals surface area contributed by atoms with Crippen LogP contribution in [0.1, 0.15) is 0 Å². The number of hydroxylamine groups is 1. The van der Waals surface area contributed by atoms with E-state index in [0.717, 1.165) is 12.1 Å². The Morgan fingerprint density at radius 2 is 2.18 bits per heavy atom. The lowest BCUT2D eigenvalue weighted by molar-refractivity contribution is -0.751. The number of hydrogen-bond acceptors (Lipinski definition) is 2. The van der Waals surface area contributed by atoms with Gasteiger partial charge in [-0.15, -0.1) is 0 Å². The molecule has 0 saturated carbocycles. The van der Waals surface area contributed by atoms with Crippen molar-refractivity contribution >= 4 is 5.69 Å². The number of aromatic hydroxyl groups is 1. The molecule has 0 bridgehead atoms. The summed E-state index contributed by atoms with van der Waals surface area (Å²) in [6.07, 6.45) is 0. The van der Waals surface area contributed by atoms with Gasteiger partial charge in [-0.25, -0.2) is 4.39 Å². The van der Waals surface area contributed by atoms with Gasteiger partial charge in [-0.3, -0.25) is 0 Å². The van der Waals surface area contributed by atoms with Crippen LogP contribution in [0.5, 0.6) is 5.75 Å². The second-order valence-electron chi connectivity index (χ2n) is 2.22. The molecule has 3 nitrogen and oxygen atoms in total. The normalized spacial score (nSPS) is 13.0. The first-order chi connectivity index (χ1) is 5.11. The number of rotatable bonds is 1. The van der Waals surface area contributed by atoms with Crippen LogP contribution in [0.2, 0.25) is 0 Å². The van der Waals surface area contributed by atoms with Crippen LogP contribution in [-0.2, 0) is 0 Å². The van der Waals surface area contributed by atoms with Gasteiger partial charge in [-0.1, -0.05) is 0 Å². The molecule has 1 rings (SSSR count). The van der Waals surface area contributed by atoms with E-state index in [1.54, 1.807) is 0 Å². The molecule has 2 N–H and O–H groups in total. The van der Waals surface area contributed by atoms with Crippen LogP contribution < -0.4 is 5.06 Å². The highest BCUT2D eigenvalue weighted by molar-refractivity contribution is 5.36. The van der Waals surface area contributed by atoms with Crippen LogP contribution in [0.3, 0.4) is 0 Å². The first-order valence-electron chi connectivity index (χ1n) is 3.10. The fraction of sp³-hybridized carbons (Fsp3) is 0.143. The molecule has 0 fully saturated rings. The van der Waals surface area contributed by atoms with Crippen LogP contribution >= 0.6 is 0 Å². The summed E-state index contributed by atoms with van der Waals surface area (Å²) >= 11 is 0. The van der Waals surface area contributed by atoms with Gasteiger partial charge in [0.1, 0.15) is 5.69 Å². The minimum Gasteiger partial charge on any atom is -0.629 e. The predicted molar refractivity (Wildman–Crippen MR) is 38.0 cm³/mol. The number of quaternary nitrogens is 1. The average Bonchev–Trinajstić information content (AvgIpc) is 1.94. The summed E-state index contributed by atoms with van der Waals surface area (Å²) in [4.78, 5) is 0. The fourth-order valence-electron chi connectivity index (χ4n) is 0.726. The third-order valence-corrected chi connectivity index (χ3v) is 1.35. The zero-order chi connectivity index (χ0) is 8.43. The zero-order valence-electron chi connectivity index (χ0n) is 5.97. The minimum absolute atomic E-state index is 0.219. The van der Waals surface area contributed by atoms with Crippen molar-refractivity contribution in [3.8, 4) is 5.75 Å². The molecule has 11 heavy (non-hydrogen) atoms. The Bertz CT molecular complexity index is 263. The topological polar surface area (TPSA) is 47.7 Å². The van der Waals surface area contributed by atoms with Crippen molar-refractivity contribution in [3.63, 3.8) is 0 Å². The molecule has 0 aliphatic rings. The summed E-state index contributed by atoms with van der Waals surface area (Å²) in [5.74, 6) is -1.20. The number of hydrogen-bond donors (Lipinski definition) is 2.